The van der Waals surface area contributed by atoms with Crippen LogP contribution in [0.5, 0.6) is 0 Å². The zero-order chi connectivity index (χ0) is 39.5. The number of hydrogen-bond acceptors (Lipinski definition) is 9. The fourth-order valence-electron chi connectivity index (χ4n) is 12.8. The number of carbonyl (C=O) groups is 4. The zero-order valence-electron chi connectivity index (χ0n) is 35.1. The van der Waals surface area contributed by atoms with Gasteiger partial charge in [0, 0.05) is 58.3 Å². The van der Waals surface area contributed by atoms with Crippen LogP contribution in [0.2, 0.25) is 0 Å². The van der Waals surface area contributed by atoms with Gasteiger partial charge < -0.3 is 19.6 Å². The van der Waals surface area contributed by atoms with E-state index in [1.807, 2.05) is 11.1 Å². The molecule has 11 nitrogen and oxygen atoms in total. The first-order chi connectivity index (χ1) is 27.7. The second kappa shape index (κ2) is 19.0. The molecule has 4 heterocycles. The Labute approximate surface area is 342 Å². The van der Waals surface area contributed by atoms with Gasteiger partial charge in [0.05, 0.1) is 30.7 Å². The third-order valence-corrected chi connectivity index (χ3v) is 16.1. The molecule has 0 radical (unpaired) electrons. The van der Waals surface area contributed by atoms with Crippen molar-refractivity contribution in [2.24, 2.45) is 35.5 Å². The van der Waals surface area contributed by atoms with Crippen molar-refractivity contribution in [2.75, 3.05) is 59.0 Å². The van der Waals surface area contributed by atoms with Crippen molar-refractivity contribution in [3.05, 3.63) is 11.1 Å². The summed E-state index contributed by atoms with van der Waals surface area (Å²) in [6, 6.07) is -0.539. The van der Waals surface area contributed by atoms with Crippen LogP contribution in [0, 0.1) is 35.5 Å². The standard InChI is InChI=1S/C46H73N5O6/c1-2-38(32-6-4-3-5-7-32)43(33-8-13-36(52)14-9-33)34-10-15-37(16-11-34)57-27-26-49-29-31(30-49)20-21-48-22-24-50(25-23-48)35-12-17-39-40(28-35)46(56)51(45(39)55)41-18-19-42(53)47-44(41)54/h31-37,39-41,52H,2-30H2,1H3,(H,47,53,54)/b43-38-. The molecule has 0 aromatic rings. The quantitative estimate of drug-likeness (QED) is 0.189. The number of likely N-dealkylation sites (tertiary alicyclic amines) is 2. The SMILES string of the molecule is CC/C(=C(\C1CCC(O)CC1)C1CCC(OCCN2CC(CCN3CCN(C4CCC5C(=O)N(C6CCC(=O)NC6=O)C(=O)C5C4)CC3)C2)CC1)C1CCCCC1. The Bertz CT molecular complexity index is 1450. The average Bonchev–Trinajstić information content (AvgIpc) is 3.46. The number of allylic oxidation sites excluding steroid dienone is 2. The van der Waals surface area contributed by atoms with Crippen LogP contribution >= 0.6 is 0 Å². The number of rotatable bonds is 13. The van der Waals surface area contributed by atoms with Crippen molar-refractivity contribution >= 4 is 23.6 Å². The summed E-state index contributed by atoms with van der Waals surface area (Å²) in [4.78, 5) is 59.7. The van der Waals surface area contributed by atoms with E-state index in [1.165, 1.54) is 101 Å². The number of imide groups is 2. The Balaban J connectivity index is 0.706. The molecule has 0 aromatic heterocycles. The summed E-state index contributed by atoms with van der Waals surface area (Å²) >= 11 is 0. The lowest BCUT2D eigenvalue weighted by Crippen LogP contribution is -2.54. The maximum Gasteiger partial charge on any atom is 0.249 e. The molecule has 8 rings (SSSR count). The van der Waals surface area contributed by atoms with Crippen LogP contribution < -0.4 is 5.32 Å². The third kappa shape index (κ3) is 9.58. The van der Waals surface area contributed by atoms with Crippen LogP contribution in [0.25, 0.3) is 0 Å². The molecule has 4 saturated carbocycles. The van der Waals surface area contributed by atoms with Crippen molar-refractivity contribution in [3.63, 3.8) is 0 Å². The van der Waals surface area contributed by atoms with E-state index in [0.29, 0.717) is 30.9 Å². The molecule has 0 aromatic carbocycles. The Kier molecular flexibility index (Phi) is 13.9. The van der Waals surface area contributed by atoms with E-state index in [9.17, 15) is 24.3 Å². The van der Waals surface area contributed by atoms with Crippen LogP contribution in [0.4, 0.5) is 0 Å². The number of nitrogens with one attached hydrogen (secondary N) is 1. The van der Waals surface area contributed by atoms with Gasteiger partial charge in [0.15, 0.2) is 0 Å². The number of amides is 4. The maximum atomic E-state index is 13.4. The van der Waals surface area contributed by atoms with E-state index in [-0.39, 0.29) is 48.5 Å². The van der Waals surface area contributed by atoms with Gasteiger partial charge in [-0.3, -0.25) is 34.3 Å². The predicted molar refractivity (Wildman–Crippen MR) is 219 cm³/mol. The minimum absolute atomic E-state index is 0.0838. The number of aliphatic hydroxyl groups excluding tert-OH is 1. The molecule has 57 heavy (non-hydrogen) atoms. The van der Waals surface area contributed by atoms with Crippen LogP contribution in [0.15, 0.2) is 11.1 Å². The molecular weight excluding hydrogens is 719 g/mol. The van der Waals surface area contributed by atoms with Crippen LogP contribution in [-0.4, -0.2) is 132 Å². The summed E-state index contributed by atoms with van der Waals surface area (Å²) < 4.78 is 6.54. The van der Waals surface area contributed by atoms with Crippen molar-refractivity contribution in [1.82, 2.24) is 24.9 Å². The molecular formula is C46H73N5O6. The van der Waals surface area contributed by atoms with Gasteiger partial charge >= 0.3 is 0 Å². The molecule has 4 atom stereocenters. The number of fused-ring (bicyclic) bond motifs is 1. The van der Waals surface area contributed by atoms with E-state index in [2.05, 4.69) is 26.9 Å². The topological polar surface area (TPSA) is 123 Å². The van der Waals surface area contributed by atoms with Crippen molar-refractivity contribution < 1.29 is 29.0 Å². The fourth-order valence-corrected chi connectivity index (χ4v) is 12.8. The Morgan fingerprint density at radius 2 is 1.40 bits per heavy atom. The lowest BCUT2D eigenvalue weighted by molar-refractivity contribution is -0.151. The molecule has 11 heteroatoms. The summed E-state index contributed by atoms with van der Waals surface area (Å²) in [6.07, 6.45) is 21.8. The Hall–Kier alpha value is -2.18. The van der Waals surface area contributed by atoms with E-state index >= 15 is 0 Å². The highest BCUT2D eigenvalue weighted by molar-refractivity contribution is 6.10. The van der Waals surface area contributed by atoms with E-state index in [1.54, 1.807) is 0 Å². The average molecular weight is 792 g/mol. The van der Waals surface area contributed by atoms with Gasteiger partial charge in [-0.05, 0) is 133 Å². The van der Waals surface area contributed by atoms with Crippen LogP contribution in [-0.2, 0) is 23.9 Å². The fraction of sp³-hybridized carbons (Fsp3) is 0.870. The summed E-state index contributed by atoms with van der Waals surface area (Å²) in [5.41, 5.74) is 3.69. The lowest BCUT2D eigenvalue weighted by Gasteiger charge is -2.44. The van der Waals surface area contributed by atoms with Gasteiger partial charge in [-0.25, -0.2) is 0 Å². The molecule has 4 aliphatic heterocycles. The maximum absolute atomic E-state index is 13.4. The van der Waals surface area contributed by atoms with Crippen molar-refractivity contribution in [1.29, 1.82) is 0 Å². The van der Waals surface area contributed by atoms with Crippen LogP contribution in [0.3, 0.4) is 0 Å². The second-order valence-corrected chi connectivity index (χ2v) is 19.5. The largest absolute Gasteiger partial charge is 0.393 e. The number of aliphatic hydroxyl groups is 1. The third-order valence-electron chi connectivity index (χ3n) is 16.1. The monoisotopic (exact) mass is 792 g/mol. The highest BCUT2D eigenvalue weighted by Crippen LogP contribution is 2.46. The Morgan fingerprint density at radius 3 is 2.09 bits per heavy atom. The smallest absolute Gasteiger partial charge is 0.249 e. The second-order valence-electron chi connectivity index (χ2n) is 19.5. The first-order valence-corrected chi connectivity index (χ1v) is 23.7. The van der Waals surface area contributed by atoms with Gasteiger partial charge in [-0.2, -0.15) is 0 Å². The van der Waals surface area contributed by atoms with Crippen molar-refractivity contribution in [2.45, 2.75) is 160 Å². The van der Waals surface area contributed by atoms with Gasteiger partial charge in [-0.1, -0.05) is 37.3 Å². The van der Waals surface area contributed by atoms with E-state index in [4.69, 9.17) is 4.74 Å². The highest BCUT2D eigenvalue weighted by Gasteiger charge is 2.54. The zero-order valence-corrected chi connectivity index (χ0v) is 35.1. The van der Waals surface area contributed by atoms with Crippen molar-refractivity contribution in [3.8, 4) is 0 Å². The molecule has 4 amide bonds. The minimum Gasteiger partial charge on any atom is -0.393 e. The first kappa shape index (κ1) is 41.5. The molecule has 2 N–H and O–H groups in total. The molecule has 8 fully saturated rings. The summed E-state index contributed by atoms with van der Waals surface area (Å²) in [7, 11) is 0. The molecule has 318 valence electrons. The number of ether oxygens (including phenoxy) is 1. The van der Waals surface area contributed by atoms with E-state index in [0.717, 1.165) is 82.9 Å². The number of nitrogens with zero attached hydrogens (tertiary/aromatic N) is 4. The van der Waals surface area contributed by atoms with Gasteiger partial charge in [0.2, 0.25) is 23.6 Å². The highest BCUT2D eigenvalue weighted by atomic mass is 16.5. The Morgan fingerprint density at radius 1 is 0.719 bits per heavy atom. The number of piperidine rings is 1. The molecule has 8 aliphatic rings. The molecule has 4 saturated heterocycles. The van der Waals surface area contributed by atoms with Gasteiger partial charge in [-0.15, -0.1) is 0 Å². The van der Waals surface area contributed by atoms with Gasteiger partial charge in [0.1, 0.15) is 6.04 Å². The number of hydrogen-bond donors (Lipinski definition) is 2. The lowest BCUT2D eigenvalue weighted by atomic mass is 9.68. The number of piperazine rings is 1. The van der Waals surface area contributed by atoms with Gasteiger partial charge in [0.25, 0.3) is 0 Å². The summed E-state index contributed by atoms with van der Waals surface area (Å²) in [5, 5.41) is 12.6. The molecule has 0 spiro atoms. The van der Waals surface area contributed by atoms with E-state index < -0.39 is 11.9 Å². The molecule has 4 aliphatic carbocycles. The van der Waals surface area contributed by atoms with Crippen LogP contribution in [0.1, 0.15) is 135 Å². The minimum atomic E-state index is -0.841. The normalized spacial score (nSPS) is 36.2. The summed E-state index contributed by atoms with van der Waals surface area (Å²) in [5.74, 6) is 1.08. The molecule has 0 bridgehead atoms. The summed E-state index contributed by atoms with van der Waals surface area (Å²) in [6.45, 7) is 11.9. The number of carbonyl (C=O) groups excluding carboxylic acids is 4. The first-order valence-electron chi connectivity index (χ1n) is 23.7. The predicted octanol–water partition coefficient (Wildman–Crippen LogP) is 5.30. The molecule has 4 unspecified atom stereocenters.